The van der Waals surface area contributed by atoms with Crippen molar-refractivity contribution in [2.24, 2.45) is 5.41 Å². The third kappa shape index (κ3) is 15.1. The maximum absolute atomic E-state index is 12.0. The molecule has 12 heteroatoms. The van der Waals surface area contributed by atoms with Gasteiger partial charge in [-0.3, -0.25) is 38.4 Å². The van der Waals surface area contributed by atoms with Crippen molar-refractivity contribution in [2.45, 2.75) is 53.4 Å². The van der Waals surface area contributed by atoms with Gasteiger partial charge in [0.15, 0.2) is 0 Å². The van der Waals surface area contributed by atoms with Crippen molar-refractivity contribution in [3.8, 4) is 0 Å². The molecule has 0 aliphatic heterocycles. The Kier molecular flexibility index (Phi) is 13.1. The largest absolute Gasteiger partial charge is 0.464 e. The van der Waals surface area contributed by atoms with Crippen molar-refractivity contribution in [3.63, 3.8) is 0 Å². The number of amides is 1. The standard InChI is InChI=1S/C21H29NO11/c1-13(23)5-17(27)22-9-21(10-31-18(28)6-14(2)24,11-32-19(29)7-15(3)25)12-33-20(30)8-16(4)26/h5-12H2,1-4H3,(H,22,27). The molecule has 0 aliphatic rings. The average molecular weight is 471 g/mol. The number of Topliss-reactive ketones (excluding diaryl/α,β-unsaturated/α-hetero) is 4. The van der Waals surface area contributed by atoms with Gasteiger partial charge in [0.1, 0.15) is 62.2 Å². The highest BCUT2D eigenvalue weighted by atomic mass is 16.6. The maximum Gasteiger partial charge on any atom is 0.313 e. The van der Waals surface area contributed by atoms with Crippen LogP contribution in [0.5, 0.6) is 0 Å². The van der Waals surface area contributed by atoms with Crippen molar-refractivity contribution in [2.75, 3.05) is 26.4 Å². The van der Waals surface area contributed by atoms with Crippen LogP contribution in [-0.4, -0.2) is 73.3 Å². The summed E-state index contributed by atoms with van der Waals surface area (Å²) in [6, 6.07) is 0. The normalized spacial score (nSPS) is 10.5. The van der Waals surface area contributed by atoms with Gasteiger partial charge in [0.25, 0.3) is 0 Å². The van der Waals surface area contributed by atoms with Crippen LogP contribution in [0.1, 0.15) is 53.4 Å². The molecular formula is C21H29NO11. The third-order valence-electron chi connectivity index (χ3n) is 3.87. The Morgan fingerprint density at radius 2 is 0.848 bits per heavy atom. The van der Waals surface area contributed by atoms with E-state index in [2.05, 4.69) is 5.32 Å². The van der Waals surface area contributed by atoms with E-state index in [0.29, 0.717) is 0 Å². The van der Waals surface area contributed by atoms with Gasteiger partial charge in [-0.15, -0.1) is 0 Å². The zero-order valence-corrected chi connectivity index (χ0v) is 19.1. The molecule has 0 bridgehead atoms. The molecule has 0 spiro atoms. The van der Waals surface area contributed by atoms with E-state index in [1.165, 1.54) is 27.7 Å². The fourth-order valence-electron chi connectivity index (χ4n) is 2.32. The molecule has 0 rings (SSSR count). The minimum atomic E-state index is -1.53. The fourth-order valence-corrected chi connectivity index (χ4v) is 2.32. The van der Waals surface area contributed by atoms with Crippen molar-refractivity contribution in [3.05, 3.63) is 0 Å². The van der Waals surface area contributed by atoms with E-state index >= 15 is 0 Å². The van der Waals surface area contributed by atoms with Crippen LogP contribution >= 0.6 is 0 Å². The van der Waals surface area contributed by atoms with Gasteiger partial charge in [0.05, 0.1) is 11.8 Å². The quantitative estimate of drug-likeness (QED) is 0.177. The molecule has 0 aliphatic carbocycles. The summed E-state index contributed by atoms with van der Waals surface area (Å²) in [4.78, 5) is 92.2. The van der Waals surface area contributed by atoms with E-state index in [1.807, 2.05) is 0 Å². The highest BCUT2D eigenvalue weighted by Gasteiger charge is 2.37. The Morgan fingerprint density at radius 3 is 1.12 bits per heavy atom. The molecule has 0 heterocycles. The van der Waals surface area contributed by atoms with Crippen LogP contribution < -0.4 is 5.32 Å². The molecule has 0 unspecified atom stereocenters. The molecule has 12 nitrogen and oxygen atoms in total. The van der Waals surface area contributed by atoms with E-state index in [0.717, 1.165) is 0 Å². The Hall–Kier alpha value is -3.44. The van der Waals surface area contributed by atoms with E-state index < -0.39 is 97.9 Å². The predicted octanol–water partition coefficient (Wildman–Crippen LogP) is -0.365. The number of esters is 3. The molecule has 0 saturated carbocycles. The summed E-state index contributed by atoms with van der Waals surface area (Å²) >= 11 is 0. The number of nitrogens with one attached hydrogen (secondary N) is 1. The molecule has 0 aromatic carbocycles. The second-order valence-corrected chi connectivity index (χ2v) is 7.77. The van der Waals surface area contributed by atoms with Gasteiger partial charge in [0, 0.05) is 6.54 Å². The molecule has 33 heavy (non-hydrogen) atoms. The molecular weight excluding hydrogens is 442 g/mol. The van der Waals surface area contributed by atoms with Crippen LogP contribution in [0, 0.1) is 5.41 Å². The van der Waals surface area contributed by atoms with E-state index in [4.69, 9.17) is 14.2 Å². The molecule has 1 amide bonds. The fraction of sp³-hybridized carbons (Fsp3) is 0.619. The molecule has 0 saturated heterocycles. The highest BCUT2D eigenvalue weighted by Crippen LogP contribution is 2.21. The monoisotopic (exact) mass is 471 g/mol. The third-order valence-corrected chi connectivity index (χ3v) is 3.87. The molecule has 0 aromatic rings. The van der Waals surface area contributed by atoms with Crippen LogP contribution in [0.3, 0.4) is 0 Å². The number of ketones is 4. The lowest BCUT2D eigenvalue weighted by molar-refractivity contribution is -0.161. The minimum Gasteiger partial charge on any atom is -0.464 e. The van der Waals surface area contributed by atoms with Crippen molar-refractivity contribution in [1.82, 2.24) is 5.32 Å². The first-order chi connectivity index (χ1) is 15.2. The Balaban J connectivity index is 5.68. The lowest BCUT2D eigenvalue weighted by atomic mass is 9.90. The van der Waals surface area contributed by atoms with Crippen LogP contribution in [0.2, 0.25) is 0 Å². The predicted molar refractivity (Wildman–Crippen MR) is 110 cm³/mol. The Labute approximate surface area is 190 Å². The zero-order valence-electron chi connectivity index (χ0n) is 19.1. The number of hydrogen-bond acceptors (Lipinski definition) is 11. The summed E-state index contributed by atoms with van der Waals surface area (Å²) in [6.45, 7) is 2.67. The first-order valence-corrected chi connectivity index (χ1v) is 9.96. The zero-order chi connectivity index (χ0) is 25.6. The van der Waals surface area contributed by atoms with Crippen molar-refractivity contribution >= 4 is 46.9 Å². The van der Waals surface area contributed by atoms with Crippen LogP contribution in [0.15, 0.2) is 0 Å². The Bertz CT molecular complexity index is 667. The smallest absolute Gasteiger partial charge is 0.313 e. The van der Waals surface area contributed by atoms with E-state index in [-0.39, 0.29) is 6.54 Å². The number of hydrogen-bond donors (Lipinski definition) is 1. The van der Waals surface area contributed by atoms with E-state index in [9.17, 15) is 38.4 Å². The van der Waals surface area contributed by atoms with Crippen LogP contribution in [-0.2, 0) is 52.6 Å². The molecule has 1 N–H and O–H groups in total. The SMILES string of the molecule is CC(=O)CC(=O)NCC(COC(=O)CC(C)=O)(COC(=O)CC(C)=O)COC(=O)CC(C)=O. The van der Waals surface area contributed by atoms with Gasteiger partial charge in [-0.1, -0.05) is 0 Å². The van der Waals surface area contributed by atoms with Crippen LogP contribution in [0.4, 0.5) is 0 Å². The number of ether oxygens (including phenoxy) is 3. The summed E-state index contributed by atoms with van der Waals surface area (Å²) in [6.07, 6.45) is -2.07. The first kappa shape index (κ1) is 29.6. The number of carbonyl (C=O) groups is 8. The lowest BCUT2D eigenvalue weighted by Crippen LogP contribution is -2.48. The summed E-state index contributed by atoms with van der Waals surface area (Å²) in [5.74, 6) is -5.26. The summed E-state index contributed by atoms with van der Waals surface area (Å²) < 4.78 is 15.2. The van der Waals surface area contributed by atoms with Crippen molar-refractivity contribution in [1.29, 1.82) is 0 Å². The van der Waals surface area contributed by atoms with Gasteiger partial charge < -0.3 is 19.5 Å². The molecule has 0 aromatic heterocycles. The summed E-state index contributed by atoms with van der Waals surface area (Å²) in [5, 5.41) is 2.41. The highest BCUT2D eigenvalue weighted by molar-refractivity contribution is 5.97. The lowest BCUT2D eigenvalue weighted by Gasteiger charge is -2.32. The maximum atomic E-state index is 12.0. The number of rotatable bonds is 16. The molecule has 0 radical (unpaired) electrons. The van der Waals surface area contributed by atoms with Crippen LogP contribution in [0.25, 0.3) is 0 Å². The molecule has 0 fully saturated rings. The topological polar surface area (TPSA) is 176 Å². The van der Waals surface area contributed by atoms with Gasteiger partial charge >= 0.3 is 17.9 Å². The second-order valence-electron chi connectivity index (χ2n) is 7.77. The van der Waals surface area contributed by atoms with Gasteiger partial charge in [-0.05, 0) is 27.7 Å². The molecule has 184 valence electrons. The first-order valence-electron chi connectivity index (χ1n) is 9.96. The Morgan fingerprint density at radius 1 is 0.545 bits per heavy atom. The summed E-state index contributed by atoms with van der Waals surface area (Å²) in [5.41, 5.74) is -1.53. The number of carbonyl (C=O) groups excluding carboxylic acids is 8. The van der Waals surface area contributed by atoms with Gasteiger partial charge in [-0.2, -0.15) is 0 Å². The van der Waals surface area contributed by atoms with Crippen molar-refractivity contribution < 1.29 is 52.6 Å². The second kappa shape index (κ2) is 14.6. The molecule has 0 atom stereocenters. The minimum absolute atomic E-state index is 0.368. The average Bonchev–Trinajstić information content (AvgIpc) is 2.64. The van der Waals surface area contributed by atoms with Gasteiger partial charge in [0.2, 0.25) is 5.91 Å². The summed E-state index contributed by atoms with van der Waals surface area (Å²) in [7, 11) is 0. The van der Waals surface area contributed by atoms with Gasteiger partial charge in [-0.25, -0.2) is 0 Å². The van der Waals surface area contributed by atoms with E-state index in [1.54, 1.807) is 0 Å².